The summed E-state index contributed by atoms with van der Waals surface area (Å²) in [5.41, 5.74) is 0.302. The fourth-order valence-corrected chi connectivity index (χ4v) is 6.41. The van der Waals surface area contributed by atoms with Crippen LogP contribution in [0.25, 0.3) is 0 Å². The van der Waals surface area contributed by atoms with Gasteiger partial charge in [0, 0.05) is 32.7 Å². The number of amides is 2. The third-order valence-corrected chi connectivity index (χ3v) is 8.48. The first-order chi connectivity index (χ1) is 16.1. The predicted molar refractivity (Wildman–Crippen MR) is 131 cm³/mol. The van der Waals surface area contributed by atoms with Gasteiger partial charge >= 0.3 is 0 Å². The Bertz CT molecular complexity index is 970. The molecule has 1 fully saturated rings. The number of nitrogens with one attached hydrogen (secondary N) is 1. The zero-order chi connectivity index (χ0) is 24.9. The first kappa shape index (κ1) is 26.4. The molecule has 0 aromatic heterocycles. The topological polar surface area (TPSA) is 99.3 Å². The first-order valence-electron chi connectivity index (χ1n) is 12.2. The SMILES string of the molecule is CCN(CC)S(=O)(=O)c1ccc2c(c1)N(CC(=O)NCCCN1CC(C)CC(C)C1)C(=O)CO2. The maximum absolute atomic E-state index is 12.9. The number of carbonyl (C=O) groups is 2. The molecule has 2 heterocycles. The number of benzene rings is 1. The van der Waals surface area contributed by atoms with Crippen LogP contribution in [0.2, 0.25) is 0 Å². The largest absolute Gasteiger partial charge is 0.482 e. The number of piperidine rings is 1. The number of sulfonamides is 1. The highest BCUT2D eigenvalue weighted by Crippen LogP contribution is 2.34. The second kappa shape index (κ2) is 11.5. The van der Waals surface area contributed by atoms with E-state index < -0.39 is 10.0 Å². The number of carbonyl (C=O) groups excluding carboxylic acids is 2. The number of nitrogens with zero attached hydrogens (tertiary/aromatic N) is 3. The molecule has 3 rings (SSSR count). The Balaban J connectivity index is 1.62. The van der Waals surface area contributed by atoms with Gasteiger partial charge in [0.15, 0.2) is 6.61 Å². The highest BCUT2D eigenvalue weighted by atomic mass is 32.2. The summed E-state index contributed by atoms with van der Waals surface area (Å²) in [6.07, 6.45) is 2.10. The van der Waals surface area contributed by atoms with Crippen molar-refractivity contribution in [3.63, 3.8) is 0 Å². The minimum absolute atomic E-state index is 0.0728. The maximum Gasteiger partial charge on any atom is 0.265 e. The van der Waals surface area contributed by atoms with Crippen LogP contribution in [-0.4, -0.2) is 81.9 Å². The van der Waals surface area contributed by atoms with Gasteiger partial charge in [-0.2, -0.15) is 4.31 Å². The zero-order valence-electron chi connectivity index (χ0n) is 20.7. The summed E-state index contributed by atoms with van der Waals surface area (Å²) in [6.45, 7) is 12.1. The van der Waals surface area contributed by atoms with Crippen molar-refractivity contribution in [3.8, 4) is 5.75 Å². The zero-order valence-corrected chi connectivity index (χ0v) is 21.6. The Morgan fingerprint density at radius 2 is 1.85 bits per heavy atom. The molecule has 2 aliphatic rings. The van der Waals surface area contributed by atoms with E-state index in [0.29, 0.717) is 42.9 Å². The number of hydrogen-bond acceptors (Lipinski definition) is 6. The van der Waals surface area contributed by atoms with Crippen molar-refractivity contribution in [2.45, 2.75) is 45.4 Å². The van der Waals surface area contributed by atoms with E-state index in [1.165, 1.54) is 27.8 Å². The van der Waals surface area contributed by atoms with Gasteiger partial charge in [0.2, 0.25) is 15.9 Å². The molecule has 34 heavy (non-hydrogen) atoms. The van der Waals surface area contributed by atoms with Crippen molar-refractivity contribution in [1.82, 2.24) is 14.5 Å². The molecule has 0 radical (unpaired) electrons. The summed E-state index contributed by atoms with van der Waals surface area (Å²) >= 11 is 0. The Hall–Kier alpha value is -2.17. The van der Waals surface area contributed by atoms with Crippen molar-refractivity contribution >= 4 is 27.5 Å². The fourth-order valence-electron chi connectivity index (χ4n) is 4.93. The van der Waals surface area contributed by atoms with Gasteiger partial charge in [0.1, 0.15) is 12.3 Å². The third-order valence-electron chi connectivity index (χ3n) is 6.44. The average Bonchev–Trinajstić information content (AvgIpc) is 2.78. The summed E-state index contributed by atoms with van der Waals surface area (Å²) in [5, 5.41) is 2.90. The molecule has 2 aliphatic heterocycles. The number of hydrogen-bond donors (Lipinski definition) is 1. The molecular weight excluding hydrogens is 456 g/mol. The van der Waals surface area contributed by atoms with Gasteiger partial charge in [-0.05, 0) is 49.4 Å². The lowest BCUT2D eigenvalue weighted by atomic mass is 9.92. The Morgan fingerprint density at radius 3 is 2.50 bits per heavy atom. The highest BCUT2D eigenvalue weighted by molar-refractivity contribution is 7.89. The minimum Gasteiger partial charge on any atom is -0.482 e. The standard InChI is InChI=1S/C24H38N4O5S/c1-5-27(6-2)34(31,32)20-8-9-22-21(13-20)28(24(30)17-33-22)16-23(29)25-10-7-11-26-14-18(3)12-19(4)15-26/h8-9,13,18-19H,5-7,10-12,14-17H2,1-4H3,(H,25,29). The van der Waals surface area contributed by atoms with Crippen LogP contribution < -0.4 is 15.0 Å². The lowest BCUT2D eigenvalue weighted by Gasteiger charge is -2.35. The summed E-state index contributed by atoms with van der Waals surface area (Å²) in [6, 6.07) is 4.44. The van der Waals surface area contributed by atoms with Crippen molar-refractivity contribution in [2.24, 2.45) is 11.8 Å². The Kier molecular flexibility index (Phi) is 8.95. The molecular formula is C24H38N4O5S. The van der Waals surface area contributed by atoms with Gasteiger partial charge in [-0.15, -0.1) is 0 Å². The molecule has 0 spiro atoms. The quantitative estimate of drug-likeness (QED) is 0.499. The Morgan fingerprint density at radius 1 is 1.18 bits per heavy atom. The molecule has 1 saturated heterocycles. The van der Waals surface area contributed by atoms with E-state index in [4.69, 9.17) is 4.74 Å². The van der Waals surface area contributed by atoms with Gasteiger partial charge in [-0.1, -0.05) is 27.7 Å². The van der Waals surface area contributed by atoms with E-state index >= 15 is 0 Å². The summed E-state index contributed by atoms with van der Waals surface area (Å²) in [7, 11) is -3.71. The van der Waals surface area contributed by atoms with E-state index in [1.807, 2.05) is 0 Å². The lowest BCUT2D eigenvalue weighted by Crippen LogP contribution is -2.46. The molecule has 1 N–H and O–H groups in total. The highest BCUT2D eigenvalue weighted by Gasteiger charge is 2.30. The number of anilines is 1. The minimum atomic E-state index is -3.71. The molecule has 190 valence electrons. The molecule has 2 unspecified atom stereocenters. The van der Waals surface area contributed by atoms with Crippen molar-refractivity contribution in [1.29, 1.82) is 0 Å². The Labute approximate surface area is 203 Å². The van der Waals surface area contributed by atoms with Crippen molar-refractivity contribution < 1.29 is 22.7 Å². The van der Waals surface area contributed by atoms with E-state index in [1.54, 1.807) is 19.9 Å². The van der Waals surface area contributed by atoms with E-state index in [-0.39, 0.29) is 29.9 Å². The molecule has 2 amide bonds. The van der Waals surface area contributed by atoms with Gasteiger partial charge in [0.05, 0.1) is 10.6 Å². The van der Waals surface area contributed by atoms with Crippen LogP contribution in [0, 0.1) is 11.8 Å². The maximum atomic E-state index is 12.9. The average molecular weight is 495 g/mol. The van der Waals surface area contributed by atoms with Gasteiger partial charge in [0.25, 0.3) is 5.91 Å². The third kappa shape index (κ3) is 6.28. The van der Waals surface area contributed by atoms with Crippen LogP contribution in [-0.2, 0) is 19.6 Å². The van der Waals surface area contributed by atoms with Crippen LogP contribution in [0.3, 0.4) is 0 Å². The van der Waals surface area contributed by atoms with Gasteiger partial charge in [-0.3, -0.25) is 14.5 Å². The first-order valence-corrected chi connectivity index (χ1v) is 13.7. The van der Waals surface area contributed by atoms with E-state index in [2.05, 4.69) is 24.1 Å². The normalized spacial score (nSPS) is 21.3. The number of likely N-dealkylation sites (tertiary alicyclic amines) is 1. The van der Waals surface area contributed by atoms with Crippen LogP contribution in [0.1, 0.15) is 40.5 Å². The molecule has 0 saturated carbocycles. The number of fused-ring (bicyclic) bond motifs is 1. The van der Waals surface area contributed by atoms with Crippen LogP contribution in [0.5, 0.6) is 5.75 Å². The predicted octanol–water partition coefficient (Wildman–Crippen LogP) is 1.93. The monoisotopic (exact) mass is 494 g/mol. The van der Waals surface area contributed by atoms with E-state index in [0.717, 1.165) is 26.1 Å². The molecule has 2 atom stereocenters. The molecule has 0 bridgehead atoms. The second-order valence-corrected chi connectivity index (χ2v) is 11.3. The smallest absolute Gasteiger partial charge is 0.265 e. The van der Waals surface area contributed by atoms with Crippen LogP contribution in [0.4, 0.5) is 5.69 Å². The van der Waals surface area contributed by atoms with Crippen molar-refractivity contribution in [2.75, 3.05) is 57.3 Å². The number of ether oxygens (including phenoxy) is 1. The van der Waals surface area contributed by atoms with E-state index in [9.17, 15) is 18.0 Å². The summed E-state index contributed by atoms with van der Waals surface area (Å²) in [5.74, 6) is 1.12. The lowest BCUT2D eigenvalue weighted by molar-refractivity contribution is -0.125. The van der Waals surface area contributed by atoms with Gasteiger partial charge < -0.3 is 15.0 Å². The van der Waals surface area contributed by atoms with Gasteiger partial charge in [-0.25, -0.2) is 8.42 Å². The molecule has 1 aromatic carbocycles. The summed E-state index contributed by atoms with van der Waals surface area (Å²) in [4.78, 5) is 29.0. The number of rotatable bonds is 10. The second-order valence-electron chi connectivity index (χ2n) is 9.40. The van der Waals surface area contributed by atoms with Crippen LogP contribution in [0.15, 0.2) is 23.1 Å². The molecule has 9 nitrogen and oxygen atoms in total. The fraction of sp³-hybridized carbons (Fsp3) is 0.667. The molecule has 1 aromatic rings. The van der Waals surface area contributed by atoms with Crippen molar-refractivity contribution in [3.05, 3.63) is 18.2 Å². The van der Waals surface area contributed by atoms with Crippen LogP contribution >= 0.6 is 0 Å². The molecule has 0 aliphatic carbocycles. The molecule has 10 heteroatoms. The summed E-state index contributed by atoms with van der Waals surface area (Å²) < 4.78 is 32.7.